The lowest BCUT2D eigenvalue weighted by Gasteiger charge is -2.21. The molecule has 0 bridgehead atoms. The summed E-state index contributed by atoms with van der Waals surface area (Å²) in [6.07, 6.45) is 3.71. The van der Waals surface area contributed by atoms with E-state index in [-0.39, 0.29) is 0 Å². The molecule has 0 spiro atoms. The van der Waals surface area contributed by atoms with Crippen LogP contribution in [0.1, 0.15) is 38.5 Å². The van der Waals surface area contributed by atoms with Gasteiger partial charge < -0.3 is 5.32 Å². The van der Waals surface area contributed by atoms with Crippen molar-refractivity contribution in [3.8, 4) is 0 Å². The van der Waals surface area contributed by atoms with E-state index in [9.17, 15) is 0 Å². The Hall–Kier alpha value is -0.340. The molecule has 15 heavy (non-hydrogen) atoms. The predicted molar refractivity (Wildman–Crippen MR) is 69.6 cm³/mol. The Bertz CT molecular complexity index is 241. The molecule has 0 amide bonds. The van der Waals surface area contributed by atoms with E-state index in [0.29, 0.717) is 6.04 Å². The van der Waals surface area contributed by atoms with Crippen LogP contribution in [0.3, 0.4) is 0 Å². The van der Waals surface area contributed by atoms with Gasteiger partial charge in [0.15, 0.2) is 0 Å². The highest BCUT2D eigenvalue weighted by atomic mass is 32.1. The van der Waals surface area contributed by atoms with Gasteiger partial charge in [-0.3, -0.25) is 0 Å². The summed E-state index contributed by atoms with van der Waals surface area (Å²) in [7, 11) is 0. The minimum atomic E-state index is 0.673. The molecule has 0 saturated heterocycles. The minimum absolute atomic E-state index is 0.673. The van der Waals surface area contributed by atoms with Crippen LogP contribution in [-0.4, -0.2) is 12.6 Å². The number of hydrogen-bond acceptors (Lipinski definition) is 2. The molecule has 1 aromatic heterocycles. The number of aryl methyl sites for hydroxylation is 1. The van der Waals surface area contributed by atoms with E-state index in [0.717, 1.165) is 12.5 Å². The maximum Gasteiger partial charge on any atom is 0.00935 e. The van der Waals surface area contributed by atoms with Gasteiger partial charge in [0.05, 0.1) is 0 Å². The second-order valence-corrected chi connectivity index (χ2v) is 5.45. The van der Waals surface area contributed by atoms with Crippen molar-refractivity contribution in [3.05, 3.63) is 22.4 Å². The average molecular weight is 225 g/mol. The lowest BCUT2D eigenvalue weighted by molar-refractivity contribution is 0.379. The number of nitrogens with one attached hydrogen (secondary N) is 1. The lowest BCUT2D eigenvalue weighted by Crippen LogP contribution is -2.34. The molecule has 0 aliphatic heterocycles. The summed E-state index contributed by atoms with van der Waals surface area (Å²) in [5, 5.41) is 5.80. The summed E-state index contributed by atoms with van der Waals surface area (Å²) in [6.45, 7) is 7.99. The van der Waals surface area contributed by atoms with Crippen LogP contribution in [0.25, 0.3) is 0 Å². The van der Waals surface area contributed by atoms with Gasteiger partial charge in [-0.05, 0) is 43.2 Å². The molecule has 0 aliphatic carbocycles. The normalized spacial score (nSPS) is 13.3. The molecular formula is C13H23NS. The molecule has 1 rings (SSSR count). The highest BCUT2D eigenvalue weighted by Crippen LogP contribution is 2.15. The van der Waals surface area contributed by atoms with Gasteiger partial charge in [0.1, 0.15) is 0 Å². The van der Waals surface area contributed by atoms with Crippen molar-refractivity contribution in [2.24, 2.45) is 5.92 Å². The molecule has 0 radical (unpaired) electrons. The highest BCUT2D eigenvalue weighted by molar-refractivity contribution is 7.09. The maximum absolute atomic E-state index is 3.64. The Morgan fingerprint density at radius 1 is 1.40 bits per heavy atom. The summed E-state index contributed by atoms with van der Waals surface area (Å²) < 4.78 is 0. The molecule has 0 aromatic carbocycles. The smallest absolute Gasteiger partial charge is 0.00935 e. The minimum Gasteiger partial charge on any atom is -0.314 e. The van der Waals surface area contributed by atoms with Crippen molar-refractivity contribution in [2.75, 3.05) is 6.54 Å². The van der Waals surface area contributed by atoms with Crippen molar-refractivity contribution in [3.63, 3.8) is 0 Å². The molecule has 1 aromatic rings. The number of hydrogen-bond donors (Lipinski definition) is 1. The Balaban J connectivity index is 2.31. The molecule has 1 atom stereocenters. The van der Waals surface area contributed by atoms with Crippen molar-refractivity contribution >= 4 is 11.3 Å². The van der Waals surface area contributed by atoms with Crippen molar-refractivity contribution < 1.29 is 0 Å². The molecule has 0 fully saturated rings. The monoisotopic (exact) mass is 225 g/mol. The topological polar surface area (TPSA) is 12.0 Å². The molecule has 0 aliphatic rings. The fourth-order valence-corrected chi connectivity index (χ4v) is 2.48. The van der Waals surface area contributed by atoms with Crippen molar-refractivity contribution in [1.29, 1.82) is 0 Å². The van der Waals surface area contributed by atoms with Gasteiger partial charge in [-0.2, -0.15) is 0 Å². The number of thiophene rings is 1. The van der Waals surface area contributed by atoms with Crippen LogP contribution >= 0.6 is 11.3 Å². The summed E-state index contributed by atoms with van der Waals surface area (Å²) >= 11 is 1.87. The van der Waals surface area contributed by atoms with E-state index in [1.165, 1.54) is 24.1 Å². The van der Waals surface area contributed by atoms with Crippen molar-refractivity contribution in [1.82, 2.24) is 5.32 Å². The van der Waals surface area contributed by atoms with E-state index in [1.54, 1.807) is 0 Å². The maximum atomic E-state index is 3.64. The molecule has 1 heterocycles. The average Bonchev–Trinajstić information content (AvgIpc) is 2.70. The summed E-state index contributed by atoms with van der Waals surface area (Å²) in [5.74, 6) is 0.733. The Morgan fingerprint density at radius 3 is 2.73 bits per heavy atom. The van der Waals surface area contributed by atoms with E-state index in [2.05, 4.69) is 43.6 Å². The van der Waals surface area contributed by atoms with Gasteiger partial charge in [0, 0.05) is 10.9 Å². The molecule has 1 nitrogen and oxygen atoms in total. The van der Waals surface area contributed by atoms with Gasteiger partial charge in [0.2, 0.25) is 0 Å². The largest absolute Gasteiger partial charge is 0.314 e. The SMILES string of the molecule is CCCNC(CCc1cccs1)C(C)C. The molecule has 2 heteroatoms. The highest BCUT2D eigenvalue weighted by Gasteiger charge is 2.12. The standard InChI is InChI=1S/C13H23NS/c1-4-9-14-13(11(2)3)8-7-12-6-5-10-15-12/h5-6,10-11,13-14H,4,7-9H2,1-3H3. The third kappa shape index (κ3) is 4.80. The Labute approximate surface area is 97.9 Å². The zero-order valence-electron chi connectivity index (χ0n) is 10.1. The lowest BCUT2D eigenvalue weighted by atomic mass is 9.99. The van der Waals surface area contributed by atoms with Crippen molar-refractivity contribution in [2.45, 2.75) is 46.1 Å². The zero-order chi connectivity index (χ0) is 11.1. The first-order valence-electron chi connectivity index (χ1n) is 5.99. The van der Waals surface area contributed by atoms with Crippen LogP contribution in [0, 0.1) is 5.92 Å². The van der Waals surface area contributed by atoms with E-state index >= 15 is 0 Å². The first kappa shape index (κ1) is 12.7. The van der Waals surface area contributed by atoms with Gasteiger partial charge >= 0.3 is 0 Å². The number of rotatable bonds is 7. The zero-order valence-corrected chi connectivity index (χ0v) is 10.9. The third-order valence-corrected chi connectivity index (χ3v) is 3.68. The molecular weight excluding hydrogens is 202 g/mol. The predicted octanol–water partition coefficient (Wildman–Crippen LogP) is 3.70. The first-order chi connectivity index (χ1) is 7.24. The van der Waals surface area contributed by atoms with Gasteiger partial charge in [-0.1, -0.05) is 26.8 Å². The van der Waals surface area contributed by atoms with E-state index < -0.39 is 0 Å². The quantitative estimate of drug-likeness (QED) is 0.746. The van der Waals surface area contributed by atoms with Crippen LogP contribution in [0.15, 0.2) is 17.5 Å². The third-order valence-electron chi connectivity index (χ3n) is 2.74. The molecule has 0 saturated carbocycles. The van der Waals surface area contributed by atoms with Crippen LogP contribution in [-0.2, 0) is 6.42 Å². The van der Waals surface area contributed by atoms with Gasteiger partial charge in [-0.25, -0.2) is 0 Å². The second kappa shape index (κ2) is 7.02. The van der Waals surface area contributed by atoms with Crippen LogP contribution in [0.4, 0.5) is 0 Å². The van der Waals surface area contributed by atoms with Gasteiger partial charge in [-0.15, -0.1) is 11.3 Å². The van der Waals surface area contributed by atoms with Crippen LogP contribution in [0.5, 0.6) is 0 Å². The summed E-state index contributed by atoms with van der Waals surface area (Å²) in [4.78, 5) is 1.51. The first-order valence-corrected chi connectivity index (χ1v) is 6.87. The Kier molecular flexibility index (Phi) is 5.96. The molecule has 86 valence electrons. The van der Waals surface area contributed by atoms with Crippen LogP contribution in [0.2, 0.25) is 0 Å². The van der Waals surface area contributed by atoms with E-state index in [1.807, 2.05) is 11.3 Å². The fraction of sp³-hybridized carbons (Fsp3) is 0.692. The Morgan fingerprint density at radius 2 is 2.20 bits per heavy atom. The van der Waals surface area contributed by atoms with Crippen LogP contribution < -0.4 is 5.32 Å². The summed E-state index contributed by atoms with van der Waals surface area (Å²) in [6, 6.07) is 5.05. The molecule has 1 unspecified atom stereocenters. The van der Waals surface area contributed by atoms with Gasteiger partial charge in [0.25, 0.3) is 0 Å². The van der Waals surface area contributed by atoms with E-state index in [4.69, 9.17) is 0 Å². The molecule has 1 N–H and O–H groups in total. The second-order valence-electron chi connectivity index (χ2n) is 4.42. The summed E-state index contributed by atoms with van der Waals surface area (Å²) in [5.41, 5.74) is 0. The fourth-order valence-electron chi connectivity index (χ4n) is 1.75.